The number of aryl methyl sites for hydroxylation is 1. The summed E-state index contributed by atoms with van der Waals surface area (Å²) in [6.07, 6.45) is 3.69. The molecule has 0 aromatic heterocycles. The van der Waals surface area contributed by atoms with Crippen molar-refractivity contribution < 1.29 is 13.2 Å². The van der Waals surface area contributed by atoms with Crippen LogP contribution in [0.2, 0.25) is 0 Å². The fraction of sp³-hybridized carbons (Fsp3) is 0.393. The number of nitrogens with one attached hydrogen (secondary N) is 2. The number of halogens is 2. The fourth-order valence-electron chi connectivity index (χ4n) is 5.33. The molecule has 1 atom stereocenters. The van der Waals surface area contributed by atoms with Gasteiger partial charge in [-0.15, -0.1) is 24.8 Å². The lowest BCUT2D eigenvalue weighted by Crippen LogP contribution is -2.39. The van der Waals surface area contributed by atoms with Crippen molar-refractivity contribution in [1.29, 1.82) is 5.41 Å². The van der Waals surface area contributed by atoms with E-state index in [0.717, 1.165) is 65.7 Å². The highest BCUT2D eigenvalue weighted by molar-refractivity contribution is 7.92. The van der Waals surface area contributed by atoms with Crippen LogP contribution in [0.3, 0.4) is 0 Å². The number of hydrogen-bond donors (Lipinski definition) is 3. The SMILES string of the molecule is CCS(=O)(=O)N1c2ccc(OCC3CCNCC3)cc2CCC1c1ccc2ccc(C(=N)N)cc2c1.Cl.Cl. The zero-order chi connectivity index (χ0) is 25.3. The van der Waals surface area contributed by atoms with Gasteiger partial charge in [-0.05, 0) is 104 Å². The van der Waals surface area contributed by atoms with Gasteiger partial charge in [0.2, 0.25) is 10.0 Å². The number of amidine groups is 1. The van der Waals surface area contributed by atoms with Gasteiger partial charge in [-0.3, -0.25) is 9.71 Å². The topological polar surface area (TPSA) is 109 Å². The number of sulfonamides is 1. The van der Waals surface area contributed by atoms with Gasteiger partial charge in [-0.25, -0.2) is 8.42 Å². The Bertz CT molecular complexity index is 1390. The first-order chi connectivity index (χ1) is 17.4. The number of nitrogens with zero attached hydrogens (tertiary/aromatic N) is 1. The molecular weight excluding hydrogens is 543 g/mol. The van der Waals surface area contributed by atoms with Crippen molar-refractivity contribution in [2.45, 2.75) is 38.6 Å². The standard InChI is InChI=1S/C28H34N4O3S.2ClH/c1-2-36(33,34)32-26(21-5-3-20-4-6-23(28(29)30)16-24(20)15-21)9-7-22-17-25(8-10-27(22)32)35-18-19-11-13-31-14-12-19;;/h3-6,8,10,15-17,19,26,31H,2,7,9,11-14,18H2,1H3,(H3,29,30);2*1H. The van der Waals surface area contributed by atoms with Gasteiger partial charge in [0.05, 0.1) is 24.1 Å². The van der Waals surface area contributed by atoms with Crippen LogP contribution in [0.25, 0.3) is 10.8 Å². The van der Waals surface area contributed by atoms with E-state index in [-0.39, 0.29) is 42.4 Å². The van der Waals surface area contributed by atoms with E-state index in [1.165, 1.54) is 0 Å². The van der Waals surface area contributed by atoms with Crippen LogP contribution in [0.1, 0.15) is 48.9 Å². The lowest BCUT2D eigenvalue weighted by Gasteiger charge is -2.38. The smallest absolute Gasteiger partial charge is 0.235 e. The van der Waals surface area contributed by atoms with Crippen LogP contribution in [0, 0.1) is 11.3 Å². The predicted molar refractivity (Wildman–Crippen MR) is 160 cm³/mol. The van der Waals surface area contributed by atoms with Crippen LogP contribution in [0.5, 0.6) is 5.75 Å². The van der Waals surface area contributed by atoms with Crippen LogP contribution < -0.4 is 20.1 Å². The molecule has 0 spiro atoms. The van der Waals surface area contributed by atoms with E-state index in [0.29, 0.717) is 24.5 Å². The molecule has 2 aliphatic heterocycles. The third-order valence-electron chi connectivity index (χ3n) is 7.43. The number of ether oxygens (including phenoxy) is 1. The van der Waals surface area contributed by atoms with Crippen molar-refractivity contribution in [3.05, 3.63) is 71.3 Å². The summed E-state index contributed by atoms with van der Waals surface area (Å²) >= 11 is 0. The summed E-state index contributed by atoms with van der Waals surface area (Å²) < 4.78 is 34.5. The largest absolute Gasteiger partial charge is 0.493 e. The normalized spacial score (nSPS) is 17.7. The Morgan fingerprint density at radius 1 is 1.03 bits per heavy atom. The molecule has 0 bridgehead atoms. The third kappa shape index (κ3) is 6.20. The Balaban J connectivity index is 0.00000200. The number of benzene rings is 3. The quantitative estimate of drug-likeness (QED) is 0.264. The highest BCUT2D eigenvalue weighted by Crippen LogP contribution is 2.42. The number of hydrogen-bond acceptors (Lipinski definition) is 5. The van der Waals surface area contributed by atoms with Gasteiger partial charge in [0, 0.05) is 5.56 Å². The highest BCUT2D eigenvalue weighted by Gasteiger charge is 2.35. The molecule has 1 fully saturated rings. The fourth-order valence-corrected chi connectivity index (χ4v) is 6.70. The van der Waals surface area contributed by atoms with Gasteiger partial charge < -0.3 is 15.8 Å². The first-order valence-electron chi connectivity index (χ1n) is 12.7. The molecule has 2 heterocycles. The second-order valence-electron chi connectivity index (χ2n) is 9.78. The molecule has 7 nitrogen and oxygen atoms in total. The molecule has 0 aliphatic carbocycles. The van der Waals surface area contributed by atoms with Crippen molar-refractivity contribution in [1.82, 2.24) is 5.32 Å². The number of fused-ring (bicyclic) bond motifs is 2. The molecule has 4 N–H and O–H groups in total. The predicted octanol–water partition coefficient (Wildman–Crippen LogP) is 5.19. The maximum Gasteiger partial charge on any atom is 0.235 e. The maximum absolute atomic E-state index is 13.4. The summed E-state index contributed by atoms with van der Waals surface area (Å²) in [6, 6.07) is 17.3. The van der Waals surface area contributed by atoms with Crippen molar-refractivity contribution in [2.24, 2.45) is 11.7 Å². The molecule has 38 heavy (non-hydrogen) atoms. The molecule has 2 aliphatic rings. The van der Waals surface area contributed by atoms with Crippen molar-refractivity contribution in [3.63, 3.8) is 0 Å². The van der Waals surface area contributed by atoms with Crippen LogP contribution in [0.15, 0.2) is 54.6 Å². The molecule has 0 saturated carbocycles. The molecule has 10 heteroatoms. The van der Waals surface area contributed by atoms with E-state index < -0.39 is 10.0 Å². The average Bonchev–Trinajstić information content (AvgIpc) is 2.91. The molecular formula is C28H36Cl2N4O3S. The first-order valence-corrected chi connectivity index (χ1v) is 14.3. The molecule has 0 radical (unpaired) electrons. The summed E-state index contributed by atoms with van der Waals surface area (Å²) in [4.78, 5) is 0. The summed E-state index contributed by atoms with van der Waals surface area (Å²) in [6.45, 7) is 4.46. The monoisotopic (exact) mass is 578 g/mol. The summed E-state index contributed by atoms with van der Waals surface area (Å²) in [7, 11) is -3.52. The van der Waals surface area contributed by atoms with Crippen LogP contribution in [-0.2, 0) is 16.4 Å². The lowest BCUT2D eigenvalue weighted by molar-refractivity contribution is 0.215. The van der Waals surface area contributed by atoms with E-state index in [1.807, 2.05) is 54.6 Å². The number of piperidine rings is 1. The van der Waals surface area contributed by atoms with E-state index >= 15 is 0 Å². The van der Waals surface area contributed by atoms with Crippen LogP contribution in [0.4, 0.5) is 5.69 Å². The number of nitrogen functional groups attached to an aromatic ring is 1. The zero-order valence-corrected chi connectivity index (χ0v) is 23.9. The minimum atomic E-state index is -3.52. The van der Waals surface area contributed by atoms with Crippen molar-refractivity contribution in [3.8, 4) is 5.75 Å². The lowest BCUT2D eigenvalue weighted by atomic mass is 9.91. The van der Waals surface area contributed by atoms with Crippen molar-refractivity contribution in [2.75, 3.05) is 29.8 Å². The van der Waals surface area contributed by atoms with E-state index in [9.17, 15) is 8.42 Å². The van der Waals surface area contributed by atoms with Gasteiger partial charge in [-0.2, -0.15) is 0 Å². The minimum Gasteiger partial charge on any atom is -0.493 e. The summed E-state index contributed by atoms with van der Waals surface area (Å²) in [5, 5.41) is 13.1. The van der Waals surface area contributed by atoms with Crippen LogP contribution in [-0.4, -0.2) is 39.7 Å². The summed E-state index contributed by atoms with van der Waals surface area (Å²) in [5.74, 6) is 1.41. The Labute approximate surface area is 237 Å². The van der Waals surface area contributed by atoms with Crippen LogP contribution >= 0.6 is 24.8 Å². The molecule has 1 unspecified atom stereocenters. The Morgan fingerprint density at radius 3 is 2.47 bits per heavy atom. The number of anilines is 1. The van der Waals surface area contributed by atoms with Gasteiger partial charge in [0.25, 0.3) is 0 Å². The van der Waals surface area contributed by atoms with E-state index in [1.54, 1.807) is 11.2 Å². The number of rotatable bonds is 7. The molecule has 206 valence electrons. The third-order valence-corrected chi connectivity index (χ3v) is 9.21. The van der Waals surface area contributed by atoms with Gasteiger partial charge in [0.15, 0.2) is 0 Å². The Morgan fingerprint density at radius 2 is 1.76 bits per heavy atom. The summed E-state index contributed by atoms with van der Waals surface area (Å²) in [5.41, 5.74) is 9.03. The molecule has 5 rings (SSSR count). The Hall–Kier alpha value is -2.52. The second kappa shape index (κ2) is 12.6. The van der Waals surface area contributed by atoms with Gasteiger partial charge in [-0.1, -0.05) is 24.3 Å². The number of nitrogens with two attached hydrogens (primary N) is 1. The highest BCUT2D eigenvalue weighted by atomic mass is 35.5. The molecule has 0 amide bonds. The van der Waals surface area contributed by atoms with Crippen molar-refractivity contribution >= 4 is 57.1 Å². The second-order valence-corrected chi connectivity index (χ2v) is 11.9. The van der Waals surface area contributed by atoms with E-state index in [2.05, 4.69) is 5.32 Å². The first kappa shape index (κ1) is 30.0. The minimum absolute atomic E-state index is 0. The molecule has 1 saturated heterocycles. The average molecular weight is 580 g/mol. The Kier molecular flexibility index (Phi) is 9.92. The molecule has 3 aromatic carbocycles. The maximum atomic E-state index is 13.4. The van der Waals surface area contributed by atoms with Gasteiger partial charge in [0.1, 0.15) is 11.6 Å². The van der Waals surface area contributed by atoms with E-state index in [4.69, 9.17) is 15.9 Å². The van der Waals surface area contributed by atoms with Gasteiger partial charge >= 0.3 is 0 Å². The zero-order valence-electron chi connectivity index (χ0n) is 21.5. The molecule has 3 aromatic rings.